The lowest BCUT2D eigenvalue weighted by molar-refractivity contribution is -0.154. The topological polar surface area (TPSA) is 86.3 Å². The van der Waals surface area contributed by atoms with Gasteiger partial charge in [0.15, 0.2) is 5.65 Å². The number of hydrogen-bond acceptors (Lipinski definition) is 6. The van der Waals surface area contributed by atoms with Crippen LogP contribution in [0.1, 0.15) is 30.2 Å². The first-order valence-corrected chi connectivity index (χ1v) is 10.4. The van der Waals surface area contributed by atoms with Gasteiger partial charge in [-0.1, -0.05) is 0 Å². The van der Waals surface area contributed by atoms with Crippen LogP contribution in [0.4, 0.5) is 0 Å². The highest BCUT2D eigenvalue weighted by Gasteiger charge is 2.55. The predicted octanol–water partition coefficient (Wildman–Crippen LogP) is 2.52. The Morgan fingerprint density at radius 1 is 1.24 bits per heavy atom. The number of phenols is 1. The SMILES string of the molecule is Cc1[nH]nc2nc(-c3ccc(O)cc3)cc(C3OCC3N3CCNCC34CC4)c12. The zero-order valence-electron chi connectivity index (χ0n) is 16.5. The first-order chi connectivity index (χ1) is 14.1. The number of benzene rings is 1. The van der Waals surface area contributed by atoms with E-state index in [9.17, 15) is 5.11 Å². The highest BCUT2D eigenvalue weighted by Crippen LogP contribution is 2.49. The maximum Gasteiger partial charge on any atom is 0.182 e. The molecule has 0 radical (unpaired) electrons. The first kappa shape index (κ1) is 17.4. The second kappa shape index (κ2) is 6.26. The van der Waals surface area contributed by atoms with E-state index in [1.165, 1.54) is 12.8 Å². The van der Waals surface area contributed by atoms with Gasteiger partial charge in [-0.3, -0.25) is 10.00 Å². The van der Waals surface area contributed by atoms with Crippen LogP contribution in [-0.4, -0.2) is 63.0 Å². The fourth-order valence-corrected chi connectivity index (χ4v) is 5.03. The van der Waals surface area contributed by atoms with Crippen molar-refractivity contribution in [2.24, 2.45) is 0 Å². The molecule has 4 heterocycles. The van der Waals surface area contributed by atoms with E-state index in [-0.39, 0.29) is 11.9 Å². The maximum absolute atomic E-state index is 9.63. The van der Waals surface area contributed by atoms with E-state index in [0.29, 0.717) is 11.6 Å². The van der Waals surface area contributed by atoms with E-state index in [1.54, 1.807) is 12.1 Å². The molecular formula is C22H25N5O2. The summed E-state index contributed by atoms with van der Waals surface area (Å²) in [4.78, 5) is 7.47. The number of H-pyrrole nitrogens is 1. The van der Waals surface area contributed by atoms with Crippen molar-refractivity contribution in [2.45, 2.75) is 37.5 Å². The van der Waals surface area contributed by atoms with Gasteiger partial charge >= 0.3 is 0 Å². The molecule has 7 heteroatoms. The van der Waals surface area contributed by atoms with Crippen LogP contribution in [0.2, 0.25) is 0 Å². The number of aromatic amines is 1. The highest BCUT2D eigenvalue weighted by atomic mass is 16.5. The molecule has 3 aliphatic rings. The number of nitrogens with one attached hydrogen (secondary N) is 2. The number of hydrogen-bond donors (Lipinski definition) is 3. The maximum atomic E-state index is 9.63. The quantitative estimate of drug-likeness (QED) is 0.636. The lowest BCUT2D eigenvalue weighted by Crippen LogP contribution is -2.62. The van der Waals surface area contributed by atoms with Gasteiger partial charge in [-0.2, -0.15) is 5.10 Å². The van der Waals surface area contributed by atoms with Gasteiger partial charge in [0.1, 0.15) is 11.9 Å². The number of phenolic OH excluding ortho intramolecular Hbond substituents is 1. The Balaban J connectivity index is 1.43. The second-order valence-electron chi connectivity index (χ2n) is 8.61. The molecule has 2 aliphatic heterocycles. The van der Waals surface area contributed by atoms with Crippen LogP contribution < -0.4 is 5.32 Å². The number of ether oxygens (including phenoxy) is 1. The average molecular weight is 391 g/mol. The normalized spacial score (nSPS) is 26.0. The average Bonchev–Trinajstić information content (AvgIpc) is 3.37. The lowest BCUT2D eigenvalue weighted by Gasteiger charge is -2.50. The molecule has 29 heavy (non-hydrogen) atoms. The number of aromatic hydroxyl groups is 1. The van der Waals surface area contributed by atoms with Gasteiger partial charge in [0.05, 0.1) is 18.3 Å². The van der Waals surface area contributed by atoms with Crippen molar-refractivity contribution in [3.05, 3.63) is 41.6 Å². The minimum atomic E-state index is 0.0308. The summed E-state index contributed by atoms with van der Waals surface area (Å²) in [6.45, 7) is 6.03. The van der Waals surface area contributed by atoms with Crippen LogP contribution in [0, 0.1) is 6.92 Å². The molecule has 1 saturated carbocycles. The molecule has 2 unspecified atom stereocenters. The van der Waals surface area contributed by atoms with Crippen molar-refractivity contribution in [1.82, 2.24) is 25.4 Å². The minimum absolute atomic E-state index is 0.0308. The lowest BCUT2D eigenvalue weighted by atomic mass is 9.91. The molecule has 3 N–H and O–H groups in total. The van der Waals surface area contributed by atoms with Gasteiger partial charge in [0, 0.05) is 41.8 Å². The fourth-order valence-electron chi connectivity index (χ4n) is 5.03. The zero-order valence-corrected chi connectivity index (χ0v) is 16.5. The van der Waals surface area contributed by atoms with E-state index < -0.39 is 0 Å². The van der Waals surface area contributed by atoms with E-state index >= 15 is 0 Å². The summed E-state index contributed by atoms with van der Waals surface area (Å²) in [6, 6.07) is 9.71. The molecule has 1 spiro atoms. The molecule has 0 bridgehead atoms. The van der Waals surface area contributed by atoms with E-state index in [4.69, 9.17) is 9.72 Å². The van der Waals surface area contributed by atoms with Gasteiger partial charge in [0.25, 0.3) is 0 Å². The Labute approximate surface area is 169 Å². The van der Waals surface area contributed by atoms with E-state index in [1.807, 2.05) is 19.1 Å². The monoisotopic (exact) mass is 391 g/mol. The third kappa shape index (κ3) is 2.68. The molecule has 150 valence electrons. The largest absolute Gasteiger partial charge is 0.508 e. The molecule has 3 fully saturated rings. The Morgan fingerprint density at radius 2 is 2.07 bits per heavy atom. The highest BCUT2D eigenvalue weighted by molar-refractivity contribution is 5.85. The smallest absolute Gasteiger partial charge is 0.182 e. The van der Waals surface area contributed by atoms with Gasteiger partial charge in [-0.15, -0.1) is 0 Å². The predicted molar refractivity (Wildman–Crippen MR) is 110 cm³/mol. The van der Waals surface area contributed by atoms with Crippen molar-refractivity contribution < 1.29 is 9.84 Å². The Morgan fingerprint density at radius 3 is 2.79 bits per heavy atom. The number of fused-ring (bicyclic) bond motifs is 1. The van der Waals surface area contributed by atoms with Crippen LogP contribution in [0.15, 0.2) is 30.3 Å². The second-order valence-corrected chi connectivity index (χ2v) is 8.61. The number of aryl methyl sites for hydroxylation is 1. The van der Waals surface area contributed by atoms with Crippen LogP contribution in [0.5, 0.6) is 5.75 Å². The summed E-state index contributed by atoms with van der Waals surface area (Å²) >= 11 is 0. The molecule has 0 amide bonds. The standard InChI is InChI=1S/C22H25N5O2/c1-13-19-16(20-18(11-29-20)27-9-8-23-12-22(27)6-7-22)10-17(24-21(19)26-25-13)14-2-4-15(28)5-3-14/h2-5,10,18,20,23,28H,6-9,11-12H2,1H3,(H,24,25,26). The number of pyridine rings is 1. The molecule has 2 saturated heterocycles. The zero-order chi connectivity index (χ0) is 19.6. The number of piperazine rings is 1. The first-order valence-electron chi connectivity index (χ1n) is 10.4. The summed E-state index contributed by atoms with van der Waals surface area (Å²) in [5, 5.41) is 21.8. The Kier molecular flexibility index (Phi) is 3.75. The Hall–Kier alpha value is -2.48. The van der Waals surface area contributed by atoms with E-state index in [0.717, 1.165) is 59.8 Å². The summed E-state index contributed by atoms with van der Waals surface area (Å²) in [5.74, 6) is 0.251. The van der Waals surface area contributed by atoms with E-state index in [2.05, 4.69) is 26.5 Å². The van der Waals surface area contributed by atoms with Crippen LogP contribution in [0.25, 0.3) is 22.3 Å². The summed E-state index contributed by atoms with van der Waals surface area (Å²) in [7, 11) is 0. The van der Waals surface area contributed by atoms with Gasteiger partial charge < -0.3 is 15.2 Å². The molecule has 3 aromatic rings. The van der Waals surface area contributed by atoms with Gasteiger partial charge in [0.2, 0.25) is 0 Å². The van der Waals surface area contributed by atoms with Crippen LogP contribution >= 0.6 is 0 Å². The molecule has 1 aliphatic carbocycles. The van der Waals surface area contributed by atoms with Gasteiger partial charge in [-0.05, 0) is 55.7 Å². The van der Waals surface area contributed by atoms with Gasteiger partial charge in [-0.25, -0.2) is 4.98 Å². The van der Waals surface area contributed by atoms with Crippen molar-refractivity contribution in [3.8, 4) is 17.0 Å². The minimum Gasteiger partial charge on any atom is -0.508 e. The van der Waals surface area contributed by atoms with Crippen molar-refractivity contribution in [2.75, 3.05) is 26.2 Å². The number of aromatic nitrogens is 3. The molecule has 1 aromatic carbocycles. The number of nitrogens with zero attached hydrogens (tertiary/aromatic N) is 3. The van der Waals surface area contributed by atoms with Crippen LogP contribution in [0.3, 0.4) is 0 Å². The molecule has 6 rings (SSSR count). The summed E-state index contributed by atoms with van der Waals surface area (Å²) < 4.78 is 6.17. The Bertz CT molecular complexity index is 1070. The molecule has 2 aromatic heterocycles. The van der Waals surface area contributed by atoms with Crippen molar-refractivity contribution in [1.29, 1.82) is 0 Å². The summed E-state index contributed by atoms with van der Waals surface area (Å²) in [6.07, 6.45) is 2.58. The van der Waals surface area contributed by atoms with Crippen molar-refractivity contribution in [3.63, 3.8) is 0 Å². The molecular weight excluding hydrogens is 366 g/mol. The molecule has 2 atom stereocenters. The number of rotatable bonds is 3. The third-order valence-electron chi connectivity index (χ3n) is 6.82. The summed E-state index contributed by atoms with van der Waals surface area (Å²) in [5.41, 5.74) is 5.06. The van der Waals surface area contributed by atoms with Crippen molar-refractivity contribution >= 4 is 11.0 Å². The fraction of sp³-hybridized carbons (Fsp3) is 0.455. The third-order valence-corrected chi connectivity index (χ3v) is 6.82. The molecule has 7 nitrogen and oxygen atoms in total. The van der Waals surface area contributed by atoms with Crippen LogP contribution in [-0.2, 0) is 4.74 Å².